The Kier molecular flexibility index (Phi) is 3.89. The van der Waals surface area contributed by atoms with Gasteiger partial charge < -0.3 is 15.2 Å². The van der Waals surface area contributed by atoms with E-state index in [1.165, 1.54) is 0 Å². The number of carbonyl (C=O) groups is 1. The maximum atomic E-state index is 12.9. The first-order valence-electron chi connectivity index (χ1n) is 8.94. The highest BCUT2D eigenvalue weighted by atomic mass is 19.3. The molecule has 9 nitrogen and oxygen atoms in total. The number of fused-ring (bicyclic) bond motifs is 2. The van der Waals surface area contributed by atoms with Gasteiger partial charge in [-0.1, -0.05) is 5.16 Å². The second-order valence-electron chi connectivity index (χ2n) is 7.00. The van der Waals surface area contributed by atoms with E-state index < -0.39 is 12.0 Å². The number of aromatic nitrogens is 5. The van der Waals surface area contributed by atoms with E-state index in [0.717, 1.165) is 0 Å². The number of amides is 1. The van der Waals surface area contributed by atoms with Crippen LogP contribution in [0.3, 0.4) is 0 Å². The molecule has 1 aromatic carbocycles. The van der Waals surface area contributed by atoms with E-state index in [-0.39, 0.29) is 25.2 Å². The summed E-state index contributed by atoms with van der Waals surface area (Å²) >= 11 is 0. The van der Waals surface area contributed by atoms with E-state index in [4.69, 9.17) is 4.52 Å². The lowest BCUT2D eigenvalue weighted by molar-refractivity contribution is -0.128. The number of halogens is 2. The number of nitrogens with one attached hydrogen (secondary N) is 3. The second kappa shape index (κ2) is 6.47. The number of alkyl halides is 2. The summed E-state index contributed by atoms with van der Waals surface area (Å²) in [6.45, 7) is 0. The van der Waals surface area contributed by atoms with Gasteiger partial charge in [0.15, 0.2) is 22.6 Å². The Morgan fingerprint density at radius 2 is 2.10 bits per heavy atom. The highest BCUT2D eigenvalue weighted by Crippen LogP contribution is 2.37. The van der Waals surface area contributed by atoms with Crippen molar-refractivity contribution < 1.29 is 18.1 Å². The lowest BCUT2D eigenvalue weighted by atomic mass is 9.88. The van der Waals surface area contributed by atoms with Crippen molar-refractivity contribution in [1.29, 1.82) is 0 Å². The van der Waals surface area contributed by atoms with Gasteiger partial charge in [0.1, 0.15) is 5.69 Å². The maximum absolute atomic E-state index is 12.9. The minimum atomic E-state index is -2.67. The molecule has 1 aliphatic carbocycles. The summed E-state index contributed by atoms with van der Waals surface area (Å²) in [4.78, 5) is 20.5. The van der Waals surface area contributed by atoms with E-state index >= 15 is 0 Å². The molecule has 0 radical (unpaired) electrons. The smallest absolute Gasteiger partial charge is 0.252 e. The molecule has 0 bridgehead atoms. The number of hydrogen-bond acceptors (Lipinski definition) is 7. The van der Waals surface area contributed by atoms with Gasteiger partial charge in [-0.2, -0.15) is 5.10 Å². The van der Waals surface area contributed by atoms with Crippen molar-refractivity contribution in [3.05, 3.63) is 36.3 Å². The van der Waals surface area contributed by atoms with Crippen LogP contribution in [-0.4, -0.2) is 43.2 Å². The van der Waals surface area contributed by atoms with Crippen LogP contribution in [-0.2, 0) is 11.2 Å². The van der Waals surface area contributed by atoms with Crippen LogP contribution in [0.4, 0.5) is 20.3 Å². The average Bonchev–Trinajstić information content (AvgIpc) is 3.25. The van der Waals surface area contributed by atoms with Gasteiger partial charge in [-0.25, -0.2) is 18.7 Å². The third-order valence-corrected chi connectivity index (χ3v) is 4.79. The molecule has 0 atom stereocenters. The molecule has 0 spiro atoms. The van der Waals surface area contributed by atoms with E-state index in [0.29, 0.717) is 39.3 Å². The Bertz CT molecular complexity index is 1210. The molecule has 29 heavy (non-hydrogen) atoms. The SMILES string of the molecule is O=C(Cc1noc2cc(Nc3n[nH]c4nccnc34)ccc12)NC1CC(F)(F)C1. The zero-order valence-corrected chi connectivity index (χ0v) is 14.9. The van der Waals surface area contributed by atoms with Crippen molar-refractivity contribution in [2.24, 2.45) is 0 Å². The fourth-order valence-corrected chi connectivity index (χ4v) is 3.37. The molecule has 1 saturated carbocycles. The second-order valence-corrected chi connectivity index (χ2v) is 7.00. The number of nitrogens with zero attached hydrogens (tertiary/aromatic N) is 4. The van der Waals surface area contributed by atoms with Gasteiger partial charge in [0, 0.05) is 48.4 Å². The number of aromatic amines is 1. The maximum Gasteiger partial charge on any atom is 0.252 e. The number of benzene rings is 1. The minimum absolute atomic E-state index is 0.0402. The van der Waals surface area contributed by atoms with Crippen molar-refractivity contribution in [2.45, 2.75) is 31.2 Å². The van der Waals surface area contributed by atoms with E-state index in [9.17, 15) is 13.6 Å². The van der Waals surface area contributed by atoms with Gasteiger partial charge in [0.05, 0.1) is 6.42 Å². The minimum Gasteiger partial charge on any atom is -0.356 e. The lowest BCUT2D eigenvalue weighted by Gasteiger charge is -2.35. The van der Waals surface area contributed by atoms with Gasteiger partial charge in [0.2, 0.25) is 5.91 Å². The van der Waals surface area contributed by atoms with Crippen molar-refractivity contribution in [3.8, 4) is 0 Å². The molecule has 148 valence electrons. The predicted octanol–water partition coefficient (Wildman–Crippen LogP) is 2.69. The Morgan fingerprint density at radius 1 is 1.28 bits per heavy atom. The van der Waals surface area contributed by atoms with E-state index in [1.807, 2.05) is 0 Å². The Balaban J connectivity index is 1.30. The Labute approximate surface area is 161 Å². The van der Waals surface area contributed by atoms with Gasteiger partial charge in [-0.15, -0.1) is 0 Å². The van der Waals surface area contributed by atoms with Gasteiger partial charge in [-0.05, 0) is 12.1 Å². The monoisotopic (exact) mass is 399 g/mol. The average molecular weight is 399 g/mol. The molecule has 4 aromatic rings. The number of hydrogen-bond donors (Lipinski definition) is 3. The van der Waals surface area contributed by atoms with Crippen LogP contribution in [0.5, 0.6) is 0 Å². The van der Waals surface area contributed by atoms with Crippen molar-refractivity contribution in [2.75, 3.05) is 5.32 Å². The molecule has 3 aromatic heterocycles. The zero-order valence-electron chi connectivity index (χ0n) is 14.9. The lowest BCUT2D eigenvalue weighted by Crippen LogP contribution is -2.50. The fraction of sp³-hybridized carbons (Fsp3) is 0.278. The number of carbonyl (C=O) groups excluding carboxylic acids is 1. The molecule has 0 saturated heterocycles. The first kappa shape index (κ1) is 17.5. The predicted molar refractivity (Wildman–Crippen MR) is 98.8 cm³/mol. The highest BCUT2D eigenvalue weighted by Gasteiger charge is 2.45. The molecule has 0 aliphatic heterocycles. The summed E-state index contributed by atoms with van der Waals surface area (Å²) in [6.07, 6.45) is 2.46. The quantitative estimate of drug-likeness (QED) is 0.472. The normalized spacial score (nSPS) is 16.1. The fourth-order valence-electron chi connectivity index (χ4n) is 3.37. The Morgan fingerprint density at radius 3 is 2.93 bits per heavy atom. The molecule has 1 fully saturated rings. The van der Waals surface area contributed by atoms with Crippen LogP contribution in [0.25, 0.3) is 22.1 Å². The molecule has 3 N–H and O–H groups in total. The van der Waals surface area contributed by atoms with Crippen LogP contribution in [0.1, 0.15) is 18.5 Å². The van der Waals surface area contributed by atoms with Crippen molar-refractivity contribution >= 4 is 39.5 Å². The first-order valence-corrected chi connectivity index (χ1v) is 8.94. The molecule has 0 unspecified atom stereocenters. The molecule has 1 amide bonds. The zero-order chi connectivity index (χ0) is 20.0. The Hall–Kier alpha value is -3.63. The summed E-state index contributed by atoms with van der Waals surface area (Å²) in [5.41, 5.74) is 2.79. The van der Waals surface area contributed by atoms with Crippen molar-refractivity contribution in [1.82, 2.24) is 30.6 Å². The summed E-state index contributed by atoms with van der Waals surface area (Å²) in [7, 11) is 0. The first-order chi connectivity index (χ1) is 14.0. The van der Waals surface area contributed by atoms with Crippen LogP contribution < -0.4 is 10.6 Å². The number of H-pyrrole nitrogens is 1. The highest BCUT2D eigenvalue weighted by molar-refractivity contribution is 5.90. The summed E-state index contributed by atoms with van der Waals surface area (Å²) in [5.74, 6) is -2.51. The van der Waals surface area contributed by atoms with Crippen molar-refractivity contribution in [3.63, 3.8) is 0 Å². The largest absolute Gasteiger partial charge is 0.356 e. The van der Waals surface area contributed by atoms with Crippen LogP contribution in [0, 0.1) is 0 Å². The third-order valence-electron chi connectivity index (χ3n) is 4.79. The van der Waals surface area contributed by atoms with E-state index in [1.54, 1.807) is 30.6 Å². The molecule has 1 aliphatic rings. The van der Waals surface area contributed by atoms with Gasteiger partial charge in [0.25, 0.3) is 5.92 Å². The molecule has 5 rings (SSSR count). The number of anilines is 2. The standard InChI is InChI=1S/C18H15F2N7O2/c19-18(20)7-10(8-18)23-14(28)6-12-11-2-1-9(5-13(11)29-27-12)24-17-15-16(25-26-17)22-4-3-21-15/h1-5,10H,6-8H2,(H,23,28)(H2,22,24,25,26). The van der Waals surface area contributed by atoms with Gasteiger partial charge in [-0.3, -0.25) is 9.89 Å². The van der Waals surface area contributed by atoms with Gasteiger partial charge >= 0.3 is 0 Å². The van der Waals surface area contributed by atoms with Crippen LogP contribution in [0.2, 0.25) is 0 Å². The van der Waals surface area contributed by atoms with Crippen LogP contribution in [0.15, 0.2) is 35.1 Å². The van der Waals surface area contributed by atoms with E-state index in [2.05, 4.69) is 36.0 Å². The molecule has 11 heteroatoms. The third kappa shape index (κ3) is 3.35. The summed E-state index contributed by atoms with van der Waals surface area (Å²) < 4.78 is 31.1. The summed E-state index contributed by atoms with van der Waals surface area (Å²) in [6, 6.07) is 4.81. The number of rotatable bonds is 5. The molecular formula is C18H15F2N7O2. The topological polar surface area (TPSA) is 122 Å². The molecular weight excluding hydrogens is 384 g/mol. The molecule has 3 heterocycles. The van der Waals surface area contributed by atoms with Crippen LogP contribution >= 0.6 is 0 Å². The summed E-state index contributed by atoms with van der Waals surface area (Å²) in [5, 5.41) is 17.3.